The zero-order chi connectivity index (χ0) is 15.9. The number of rotatable bonds is 3. The summed E-state index contributed by atoms with van der Waals surface area (Å²) in [6, 6.07) is 4.90. The molecule has 1 aromatic rings. The van der Waals surface area contributed by atoms with Gasteiger partial charge in [0.1, 0.15) is 10.6 Å². The summed E-state index contributed by atoms with van der Waals surface area (Å²) in [5, 5.41) is 9.19. The molecule has 120 valence electrons. The highest BCUT2D eigenvalue weighted by Gasteiger charge is 2.39. The van der Waals surface area contributed by atoms with E-state index in [-0.39, 0.29) is 17.5 Å². The summed E-state index contributed by atoms with van der Waals surface area (Å²) >= 11 is 0. The van der Waals surface area contributed by atoms with Crippen LogP contribution in [0, 0.1) is 5.92 Å². The molecule has 1 aromatic carbocycles. The van der Waals surface area contributed by atoms with Crippen LogP contribution in [-0.4, -0.2) is 43.0 Å². The van der Waals surface area contributed by atoms with Crippen molar-refractivity contribution in [2.45, 2.75) is 37.1 Å². The van der Waals surface area contributed by atoms with E-state index in [1.165, 1.54) is 10.4 Å². The van der Waals surface area contributed by atoms with Crippen molar-refractivity contribution in [2.24, 2.45) is 5.92 Å². The van der Waals surface area contributed by atoms with Gasteiger partial charge in [-0.15, -0.1) is 0 Å². The first kappa shape index (κ1) is 15.3. The Morgan fingerprint density at radius 2 is 2.14 bits per heavy atom. The Hall–Kier alpha value is -1.60. The standard InChI is InChI=1S/C15H19NO5S/c1-10-5-6-12(15(17)18)9-16(10)22(19,20)13-4-2-3-11-7-8-21-14(11)13/h2-4,10,12H,5-9H2,1H3,(H,17,18). The fourth-order valence-corrected chi connectivity index (χ4v) is 5.01. The summed E-state index contributed by atoms with van der Waals surface area (Å²) in [4.78, 5) is 11.4. The molecule has 0 aliphatic carbocycles. The number of sulfonamides is 1. The molecule has 2 atom stereocenters. The number of piperidine rings is 1. The average molecular weight is 325 g/mol. The molecule has 0 bridgehead atoms. The van der Waals surface area contributed by atoms with Crippen molar-refractivity contribution in [1.29, 1.82) is 0 Å². The summed E-state index contributed by atoms with van der Waals surface area (Å²) in [5.41, 5.74) is 0.889. The molecule has 2 aliphatic heterocycles. The van der Waals surface area contributed by atoms with Gasteiger partial charge in [-0.05, 0) is 31.4 Å². The summed E-state index contributed by atoms with van der Waals surface area (Å²) in [6.07, 6.45) is 1.75. The Bertz CT molecular complexity index is 700. The van der Waals surface area contributed by atoms with Crippen molar-refractivity contribution in [3.05, 3.63) is 23.8 Å². The Balaban J connectivity index is 1.99. The molecule has 22 heavy (non-hydrogen) atoms. The molecular formula is C15H19NO5S. The van der Waals surface area contributed by atoms with Gasteiger partial charge in [-0.1, -0.05) is 12.1 Å². The smallest absolute Gasteiger partial charge is 0.307 e. The number of aliphatic carboxylic acids is 1. The van der Waals surface area contributed by atoms with E-state index >= 15 is 0 Å². The van der Waals surface area contributed by atoms with Crippen molar-refractivity contribution in [3.8, 4) is 5.75 Å². The molecule has 0 aromatic heterocycles. The van der Waals surface area contributed by atoms with E-state index in [4.69, 9.17) is 4.74 Å². The van der Waals surface area contributed by atoms with Crippen LogP contribution in [-0.2, 0) is 21.2 Å². The summed E-state index contributed by atoms with van der Waals surface area (Å²) in [6.45, 7) is 2.32. The van der Waals surface area contributed by atoms with Crippen LogP contribution >= 0.6 is 0 Å². The highest BCUT2D eigenvalue weighted by atomic mass is 32.2. The normalized spacial score (nSPS) is 25.5. The van der Waals surface area contributed by atoms with Gasteiger partial charge in [0.2, 0.25) is 10.0 Å². The topological polar surface area (TPSA) is 83.9 Å². The van der Waals surface area contributed by atoms with Gasteiger partial charge in [0.05, 0.1) is 12.5 Å². The van der Waals surface area contributed by atoms with Crippen LogP contribution < -0.4 is 4.74 Å². The molecule has 6 nitrogen and oxygen atoms in total. The highest BCUT2D eigenvalue weighted by molar-refractivity contribution is 7.89. The molecule has 1 fully saturated rings. The Kier molecular flexibility index (Phi) is 3.86. The maximum atomic E-state index is 13.0. The van der Waals surface area contributed by atoms with Crippen LogP contribution in [0.3, 0.4) is 0 Å². The first-order valence-electron chi connectivity index (χ1n) is 7.40. The van der Waals surface area contributed by atoms with Gasteiger partial charge >= 0.3 is 5.97 Å². The molecule has 0 saturated carbocycles. The van der Waals surface area contributed by atoms with E-state index in [2.05, 4.69) is 0 Å². The molecule has 0 amide bonds. The SMILES string of the molecule is CC1CCC(C(=O)O)CN1S(=O)(=O)c1cccc2c1OCC2. The molecular weight excluding hydrogens is 306 g/mol. The number of carboxylic acid groups (broad SMARTS) is 1. The highest BCUT2D eigenvalue weighted by Crippen LogP contribution is 2.36. The predicted octanol–water partition coefficient (Wildman–Crippen LogP) is 1.50. The lowest BCUT2D eigenvalue weighted by Crippen LogP contribution is -2.47. The second kappa shape index (κ2) is 5.55. The average Bonchev–Trinajstić information content (AvgIpc) is 2.95. The zero-order valence-electron chi connectivity index (χ0n) is 12.4. The maximum Gasteiger partial charge on any atom is 0.307 e. The Morgan fingerprint density at radius 3 is 2.86 bits per heavy atom. The number of hydrogen-bond acceptors (Lipinski definition) is 4. The number of carboxylic acids is 1. The zero-order valence-corrected chi connectivity index (χ0v) is 13.2. The second-order valence-electron chi connectivity index (χ2n) is 5.88. The molecule has 3 rings (SSSR count). The number of carbonyl (C=O) groups is 1. The van der Waals surface area contributed by atoms with Crippen molar-refractivity contribution < 1.29 is 23.1 Å². The monoisotopic (exact) mass is 325 g/mol. The van der Waals surface area contributed by atoms with Crippen LogP contribution in [0.2, 0.25) is 0 Å². The molecule has 1 saturated heterocycles. The lowest BCUT2D eigenvalue weighted by atomic mass is 9.96. The number of nitrogens with zero attached hydrogens (tertiary/aromatic N) is 1. The van der Waals surface area contributed by atoms with Crippen LogP contribution in [0.4, 0.5) is 0 Å². The van der Waals surface area contributed by atoms with Crippen LogP contribution in [0.25, 0.3) is 0 Å². The van der Waals surface area contributed by atoms with E-state index in [1.807, 2.05) is 13.0 Å². The third kappa shape index (κ3) is 2.48. The van der Waals surface area contributed by atoms with Crippen molar-refractivity contribution in [3.63, 3.8) is 0 Å². The van der Waals surface area contributed by atoms with E-state index in [0.29, 0.717) is 31.6 Å². The first-order valence-corrected chi connectivity index (χ1v) is 8.84. The van der Waals surface area contributed by atoms with Crippen molar-refractivity contribution >= 4 is 16.0 Å². The van der Waals surface area contributed by atoms with Gasteiger partial charge in [-0.2, -0.15) is 4.31 Å². The van der Waals surface area contributed by atoms with Gasteiger partial charge in [-0.25, -0.2) is 8.42 Å². The van der Waals surface area contributed by atoms with Gasteiger partial charge < -0.3 is 9.84 Å². The molecule has 1 N–H and O–H groups in total. The van der Waals surface area contributed by atoms with Gasteiger partial charge in [0.25, 0.3) is 0 Å². The third-order valence-corrected chi connectivity index (χ3v) is 6.44. The van der Waals surface area contributed by atoms with Gasteiger partial charge in [-0.3, -0.25) is 4.79 Å². The van der Waals surface area contributed by atoms with Gasteiger partial charge in [0, 0.05) is 19.0 Å². The van der Waals surface area contributed by atoms with Crippen molar-refractivity contribution in [2.75, 3.05) is 13.2 Å². The predicted molar refractivity (Wildman–Crippen MR) is 79.4 cm³/mol. The maximum absolute atomic E-state index is 13.0. The number of benzene rings is 1. The number of fused-ring (bicyclic) bond motifs is 1. The Labute approximate surface area is 129 Å². The van der Waals surface area contributed by atoms with Crippen LogP contribution in [0.5, 0.6) is 5.75 Å². The summed E-state index contributed by atoms with van der Waals surface area (Å²) < 4.78 is 32.8. The summed E-state index contributed by atoms with van der Waals surface area (Å²) in [7, 11) is -3.76. The first-order chi connectivity index (χ1) is 10.4. The minimum atomic E-state index is -3.76. The molecule has 2 unspecified atom stereocenters. The molecule has 2 aliphatic rings. The van der Waals surface area contributed by atoms with Crippen molar-refractivity contribution in [1.82, 2.24) is 4.31 Å². The van der Waals surface area contributed by atoms with E-state index < -0.39 is 21.9 Å². The van der Waals surface area contributed by atoms with E-state index in [9.17, 15) is 18.3 Å². The minimum absolute atomic E-state index is 0.0164. The molecule has 0 spiro atoms. The fraction of sp³-hybridized carbons (Fsp3) is 0.533. The molecule has 0 radical (unpaired) electrons. The molecule has 7 heteroatoms. The molecule has 2 heterocycles. The number of hydrogen-bond donors (Lipinski definition) is 1. The third-order valence-electron chi connectivity index (χ3n) is 4.44. The van der Waals surface area contributed by atoms with E-state index in [1.54, 1.807) is 6.07 Å². The van der Waals surface area contributed by atoms with Crippen LogP contribution in [0.1, 0.15) is 25.3 Å². The largest absolute Gasteiger partial charge is 0.492 e. The van der Waals surface area contributed by atoms with Crippen LogP contribution in [0.15, 0.2) is 23.1 Å². The quantitative estimate of drug-likeness (QED) is 0.910. The van der Waals surface area contributed by atoms with E-state index in [0.717, 1.165) is 5.56 Å². The lowest BCUT2D eigenvalue weighted by Gasteiger charge is -2.35. The summed E-state index contributed by atoms with van der Waals surface area (Å²) in [5.74, 6) is -1.17. The Morgan fingerprint density at radius 1 is 1.36 bits per heavy atom. The minimum Gasteiger partial charge on any atom is -0.492 e. The second-order valence-corrected chi connectivity index (χ2v) is 7.74. The lowest BCUT2D eigenvalue weighted by molar-refractivity contribution is -0.143. The fourth-order valence-electron chi connectivity index (χ4n) is 3.13. The number of ether oxygens (including phenoxy) is 1. The van der Waals surface area contributed by atoms with Gasteiger partial charge in [0.15, 0.2) is 0 Å². The number of para-hydroxylation sites is 1.